The Balaban J connectivity index is 2.11. The van der Waals surface area contributed by atoms with Gasteiger partial charge in [0.25, 0.3) is 5.91 Å². The number of carbonyl (C=O) groups is 1. The van der Waals surface area contributed by atoms with Crippen LogP contribution in [-0.4, -0.2) is 11.9 Å². The minimum atomic E-state index is -1.10. The number of benzene rings is 1. The van der Waals surface area contributed by atoms with Gasteiger partial charge in [0.2, 0.25) is 0 Å². The van der Waals surface area contributed by atoms with Crippen molar-refractivity contribution in [3.8, 4) is 0 Å². The first kappa shape index (κ1) is 13.5. The van der Waals surface area contributed by atoms with Crippen LogP contribution in [0.5, 0.6) is 0 Å². The average Bonchev–Trinajstić information content (AvgIpc) is 2.37. The number of hydrogen-bond acceptors (Lipinski definition) is 1. The number of rotatable bonds is 2. The van der Waals surface area contributed by atoms with Gasteiger partial charge in [-0.25, -0.2) is 8.78 Å². The first-order valence-corrected chi connectivity index (χ1v) is 6.83. The summed E-state index contributed by atoms with van der Waals surface area (Å²) in [5.41, 5.74) is -0.235. The molecule has 0 spiro atoms. The van der Waals surface area contributed by atoms with Gasteiger partial charge in [-0.3, -0.25) is 4.79 Å². The summed E-state index contributed by atoms with van der Waals surface area (Å²) in [5.74, 6) is -2.66. The second-order valence-corrected chi connectivity index (χ2v) is 5.39. The van der Waals surface area contributed by atoms with Crippen LogP contribution in [-0.2, 0) is 0 Å². The predicted octanol–water partition coefficient (Wildman–Crippen LogP) is 3.79. The molecular weight excluding hydrogens is 304 g/mol. The summed E-state index contributed by atoms with van der Waals surface area (Å²) in [5, 5.41) is 2.76. The van der Waals surface area contributed by atoms with Crippen LogP contribution < -0.4 is 5.32 Å². The summed E-state index contributed by atoms with van der Waals surface area (Å²) in [4.78, 5) is 11.9. The zero-order chi connectivity index (χ0) is 13.1. The molecular formula is C13H14BrF2NO. The Morgan fingerprint density at radius 3 is 2.50 bits per heavy atom. The Kier molecular flexibility index (Phi) is 4.32. The van der Waals surface area contributed by atoms with Gasteiger partial charge in [0.05, 0.1) is 10.0 Å². The maximum absolute atomic E-state index is 13.6. The van der Waals surface area contributed by atoms with E-state index in [9.17, 15) is 13.6 Å². The molecule has 5 heteroatoms. The summed E-state index contributed by atoms with van der Waals surface area (Å²) >= 11 is 2.88. The molecule has 1 amide bonds. The molecule has 0 aromatic heterocycles. The molecule has 2 nitrogen and oxygen atoms in total. The summed E-state index contributed by atoms with van der Waals surface area (Å²) < 4.78 is 27.0. The van der Waals surface area contributed by atoms with E-state index in [2.05, 4.69) is 21.2 Å². The predicted molar refractivity (Wildman–Crippen MR) is 68.4 cm³/mol. The minimum Gasteiger partial charge on any atom is -0.349 e. The van der Waals surface area contributed by atoms with Crippen LogP contribution in [0.1, 0.15) is 42.5 Å². The molecule has 1 saturated carbocycles. The summed E-state index contributed by atoms with van der Waals surface area (Å²) in [7, 11) is 0. The molecule has 18 heavy (non-hydrogen) atoms. The molecule has 1 aliphatic rings. The van der Waals surface area contributed by atoms with Crippen molar-refractivity contribution in [2.24, 2.45) is 0 Å². The molecule has 0 saturated heterocycles. The maximum Gasteiger partial charge on any atom is 0.254 e. The Labute approximate surface area is 113 Å². The van der Waals surface area contributed by atoms with E-state index in [1.54, 1.807) is 0 Å². The van der Waals surface area contributed by atoms with Crippen LogP contribution >= 0.6 is 15.9 Å². The fourth-order valence-corrected chi connectivity index (χ4v) is 2.52. The summed E-state index contributed by atoms with van der Waals surface area (Å²) in [6, 6.07) is 2.71. The third-order valence-corrected chi connectivity index (χ3v) is 3.83. The zero-order valence-electron chi connectivity index (χ0n) is 9.81. The third-order valence-electron chi connectivity index (χ3n) is 3.22. The second kappa shape index (κ2) is 5.78. The van der Waals surface area contributed by atoms with Gasteiger partial charge < -0.3 is 5.32 Å². The van der Waals surface area contributed by atoms with Crippen molar-refractivity contribution in [1.29, 1.82) is 0 Å². The molecule has 2 rings (SSSR count). The summed E-state index contributed by atoms with van der Waals surface area (Å²) in [6.07, 6.45) is 5.14. The van der Waals surface area contributed by atoms with Crippen molar-refractivity contribution in [2.45, 2.75) is 38.1 Å². The lowest BCUT2D eigenvalue weighted by Gasteiger charge is -2.22. The van der Waals surface area contributed by atoms with Crippen LogP contribution in [0.4, 0.5) is 8.78 Å². The van der Waals surface area contributed by atoms with E-state index in [-0.39, 0.29) is 16.1 Å². The Morgan fingerprint density at radius 1 is 1.17 bits per heavy atom. The lowest BCUT2D eigenvalue weighted by atomic mass is 9.95. The molecule has 1 aliphatic carbocycles. The second-order valence-electron chi connectivity index (χ2n) is 4.53. The fraction of sp³-hybridized carbons (Fsp3) is 0.462. The number of carbonyl (C=O) groups excluding carboxylic acids is 1. The maximum atomic E-state index is 13.6. The standard InChI is InChI=1S/C13H14BrF2NO/c14-10-7-6-9(11(15)12(10)16)13(18)17-8-4-2-1-3-5-8/h6-8H,1-5H2,(H,17,18). The molecule has 0 heterocycles. The molecule has 1 fully saturated rings. The quantitative estimate of drug-likeness (QED) is 0.826. The normalized spacial score (nSPS) is 16.6. The molecule has 1 aromatic rings. The lowest BCUT2D eigenvalue weighted by molar-refractivity contribution is 0.0922. The first-order chi connectivity index (χ1) is 8.59. The van der Waals surface area contributed by atoms with Crippen molar-refractivity contribution < 1.29 is 13.6 Å². The van der Waals surface area contributed by atoms with Gasteiger partial charge in [-0.15, -0.1) is 0 Å². The Bertz CT molecular complexity index is 459. The van der Waals surface area contributed by atoms with Crippen molar-refractivity contribution >= 4 is 21.8 Å². The number of amides is 1. The minimum absolute atomic E-state index is 0.0224. The highest BCUT2D eigenvalue weighted by Crippen LogP contribution is 2.22. The van der Waals surface area contributed by atoms with Gasteiger partial charge in [-0.1, -0.05) is 19.3 Å². The number of hydrogen-bond donors (Lipinski definition) is 1. The third kappa shape index (κ3) is 2.88. The first-order valence-electron chi connectivity index (χ1n) is 6.04. The van der Waals surface area contributed by atoms with Crippen LogP contribution in [0.15, 0.2) is 16.6 Å². The number of halogens is 3. The van der Waals surface area contributed by atoms with E-state index in [0.29, 0.717) is 0 Å². The van der Waals surface area contributed by atoms with E-state index in [1.807, 2.05) is 0 Å². The fourth-order valence-electron chi connectivity index (χ4n) is 2.21. The topological polar surface area (TPSA) is 29.1 Å². The molecule has 0 unspecified atom stereocenters. The van der Waals surface area contributed by atoms with Crippen LogP contribution in [0, 0.1) is 11.6 Å². The van der Waals surface area contributed by atoms with Crippen LogP contribution in [0.25, 0.3) is 0 Å². The van der Waals surface area contributed by atoms with Gasteiger partial charge in [0, 0.05) is 6.04 Å². The van der Waals surface area contributed by atoms with Crippen molar-refractivity contribution in [1.82, 2.24) is 5.32 Å². The van der Waals surface area contributed by atoms with E-state index < -0.39 is 17.5 Å². The van der Waals surface area contributed by atoms with Crippen LogP contribution in [0.3, 0.4) is 0 Å². The monoisotopic (exact) mass is 317 g/mol. The van der Waals surface area contributed by atoms with E-state index in [1.165, 1.54) is 18.6 Å². The van der Waals surface area contributed by atoms with Gasteiger partial charge >= 0.3 is 0 Å². The summed E-state index contributed by atoms with van der Waals surface area (Å²) in [6.45, 7) is 0. The van der Waals surface area contributed by atoms with Crippen molar-refractivity contribution in [2.75, 3.05) is 0 Å². The highest BCUT2D eigenvalue weighted by Gasteiger charge is 2.21. The molecule has 0 atom stereocenters. The Morgan fingerprint density at radius 2 is 1.83 bits per heavy atom. The molecule has 0 radical (unpaired) electrons. The highest BCUT2D eigenvalue weighted by molar-refractivity contribution is 9.10. The average molecular weight is 318 g/mol. The highest BCUT2D eigenvalue weighted by atomic mass is 79.9. The molecule has 1 N–H and O–H groups in total. The van der Waals surface area contributed by atoms with Gasteiger partial charge in [-0.05, 0) is 40.9 Å². The molecule has 98 valence electrons. The van der Waals surface area contributed by atoms with Gasteiger partial charge in [0.15, 0.2) is 11.6 Å². The molecule has 1 aromatic carbocycles. The van der Waals surface area contributed by atoms with Crippen molar-refractivity contribution in [3.63, 3.8) is 0 Å². The lowest BCUT2D eigenvalue weighted by Crippen LogP contribution is -2.36. The molecule has 0 aliphatic heterocycles. The smallest absolute Gasteiger partial charge is 0.254 e. The van der Waals surface area contributed by atoms with Gasteiger partial charge in [-0.2, -0.15) is 0 Å². The van der Waals surface area contributed by atoms with Crippen molar-refractivity contribution in [3.05, 3.63) is 33.8 Å². The van der Waals surface area contributed by atoms with E-state index >= 15 is 0 Å². The largest absolute Gasteiger partial charge is 0.349 e. The van der Waals surface area contributed by atoms with Crippen LogP contribution in [0.2, 0.25) is 0 Å². The molecule has 0 bridgehead atoms. The van der Waals surface area contributed by atoms with Gasteiger partial charge in [0.1, 0.15) is 0 Å². The van der Waals surface area contributed by atoms with E-state index in [0.717, 1.165) is 25.7 Å². The SMILES string of the molecule is O=C(NC1CCCCC1)c1ccc(Br)c(F)c1F. The van der Waals surface area contributed by atoms with E-state index in [4.69, 9.17) is 0 Å². The Hall–Kier alpha value is -0.970. The zero-order valence-corrected chi connectivity index (χ0v) is 11.4. The number of nitrogens with one attached hydrogen (secondary N) is 1.